The molecular weight excluding hydrogens is 230 g/mol. The van der Waals surface area contributed by atoms with Crippen LogP contribution in [0.5, 0.6) is 0 Å². The maximum atomic E-state index is 6.18. The van der Waals surface area contributed by atoms with E-state index in [4.69, 9.17) is 5.73 Å². The predicted octanol–water partition coefficient (Wildman–Crippen LogP) is 3.36. The first-order valence-corrected chi connectivity index (χ1v) is 6.84. The van der Waals surface area contributed by atoms with E-state index in [0.717, 1.165) is 28.1 Å². The minimum Gasteiger partial charge on any atom is -0.395 e. The van der Waals surface area contributed by atoms with E-state index in [1.165, 1.54) is 6.42 Å². The van der Waals surface area contributed by atoms with Gasteiger partial charge in [-0.25, -0.2) is 4.98 Å². The number of benzene rings is 1. The Kier molecular flexibility index (Phi) is 3.52. The van der Waals surface area contributed by atoms with Crippen molar-refractivity contribution >= 4 is 32.9 Å². The van der Waals surface area contributed by atoms with Crippen LogP contribution in [0.4, 0.5) is 11.4 Å². The molecule has 1 atom stereocenters. The topological polar surface area (TPSA) is 42.2 Å². The number of hydrogen-bond donors (Lipinski definition) is 1. The largest absolute Gasteiger partial charge is 0.395 e. The minimum atomic E-state index is 0.672. The van der Waals surface area contributed by atoms with E-state index < -0.39 is 0 Å². The van der Waals surface area contributed by atoms with Crippen molar-refractivity contribution < 1.29 is 0 Å². The lowest BCUT2D eigenvalue weighted by Crippen LogP contribution is -2.24. The van der Waals surface area contributed by atoms with E-state index in [-0.39, 0.29) is 0 Å². The highest BCUT2D eigenvalue weighted by Crippen LogP contribution is 2.32. The highest BCUT2D eigenvalue weighted by molar-refractivity contribution is 7.16. The molecule has 0 aliphatic rings. The first-order valence-electron chi connectivity index (χ1n) is 5.96. The summed E-state index contributed by atoms with van der Waals surface area (Å²) in [6.07, 6.45) is 1.18. The second-order valence-electron chi connectivity index (χ2n) is 4.59. The number of nitrogens with two attached hydrogens (primary N) is 1. The van der Waals surface area contributed by atoms with Crippen LogP contribution in [0.2, 0.25) is 0 Å². The van der Waals surface area contributed by atoms with Gasteiger partial charge in [-0.05, 0) is 18.1 Å². The molecule has 3 nitrogen and oxygen atoms in total. The molecule has 92 valence electrons. The standard InChI is InChI=1S/C13H19N3S/c1-4-9(2)7-16(3)10-5-6-11-13(12(10)14)15-8-17-11/h5-6,8-9H,4,7,14H2,1-3H3. The van der Waals surface area contributed by atoms with Gasteiger partial charge < -0.3 is 10.6 Å². The highest BCUT2D eigenvalue weighted by atomic mass is 32.1. The van der Waals surface area contributed by atoms with Crippen LogP contribution in [-0.2, 0) is 0 Å². The molecule has 1 unspecified atom stereocenters. The molecular formula is C13H19N3S. The Morgan fingerprint density at radius 1 is 1.47 bits per heavy atom. The van der Waals surface area contributed by atoms with Crippen molar-refractivity contribution in [1.82, 2.24) is 4.98 Å². The van der Waals surface area contributed by atoms with E-state index >= 15 is 0 Å². The second kappa shape index (κ2) is 4.92. The van der Waals surface area contributed by atoms with Gasteiger partial charge in [0.25, 0.3) is 0 Å². The number of fused-ring (bicyclic) bond motifs is 1. The Labute approximate surface area is 106 Å². The minimum absolute atomic E-state index is 0.672. The third kappa shape index (κ3) is 2.36. The van der Waals surface area contributed by atoms with Gasteiger partial charge in [-0.15, -0.1) is 11.3 Å². The molecule has 0 aliphatic heterocycles. The molecule has 0 amide bonds. The first kappa shape index (κ1) is 12.2. The lowest BCUT2D eigenvalue weighted by molar-refractivity contribution is 0.560. The molecule has 1 heterocycles. The van der Waals surface area contributed by atoms with Gasteiger partial charge in [-0.3, -0.25) is 0 Å². The third-order valence-electron chi connectivity index (χ3n) is 3.21. The summed E-state index contributed by atoms with van der Waals surface area (Å²) in [5, 5.41) is 0. The number of thiazole rings is 1. The van der Waals surface area contributed by atoms with E-state index in [1.807, 2.05) is 5.51 Å². The van der Waals surface area contributed by atoms with E-state index in [1.54, 1.807) is 11.3 Å². The number of nitrogen functional groups attached to an aromatic ring is 1. The Morgan fingerprint density at radius 2 is 2.24 bits per heavy atom. The fourth-order valence-corrected chi connectivity index (χ4v) is 2.66. The van der Waals surface area contributed by atoms with Crippen LogP contribution in [0.1, 0.15) is 20.3 Å². The predicted molar refractivity (Wildman–Crippen MR) is 76.8 cm³/mol. The number of hydrogen-bond acceptors (Lipinski definition) is 4. The highest BCUT2D eigenvalue weighted by Gasteiger charge is 2.12. The summed E-state index contributed by atoms with van der Waals surface area (Å²) < 4.78 is 1.16. The van der Waals surface area contributed by atoms with Crippen LogP contribution in [0.3, 0.4) is 0 Å². The van der Waals surface area contributed by atoms with Crippen molar-refractivity contribution in [3.8, 4) is 0 Å². The summed E-state index contributed by atoms with van der Waals surface area (Å²) in [6.45, 7) is 5.50. The summed E-state index contributed by atoms with van der Waals surface area (Å²) in [5.41, 5.74) is 10.9. The zero-order valence-electron chi connectivity index (χ0n) is 10.6. The monoisotopic (exact) mass is 249 g/mol. The lowest BCUT2D eigenvalue weighted by Gasteiger charge is -2.24. The molecule has 2 aromatic rings. The second-order valence-corrected chi connectivity index (χ2v) is 5.48. The Morgan fingerprint density at radius 3 is 2.94 bits per heavy atom. The molecule has 17 heavy (non-hydrogen) atoms. The smallest absolute Gasteiger partial charge is 0.106 e. The molecule has 0 fully saturated rings. The quantitative estimate of drug-likeness (QED) is 0.845. The van der Waals surface area contributed by atoms with Crippen LogP contribution >= 0.6 is 11.3 Å². The summed E-state index contributed by atoms with van der Waals surface area (Å²) in [4.78, 5) is 6.55. The van der Waals surface area contributed by atoms with Crippen LogP contribution < -0.4 is 10.6 Å². The number of anilines is 2. The average Bonchev–Trinajstić information content (AvgIpc) is 2.78. The molecule has 1 aromatic carbocycles. The fourth-order valence-electron chi connectivity index (χ4n) is 1.97. The van der Waals surface area contributed by atoms with Crippen molar-refractivity contribution in [3.63, 3.8) is 0 Å². The van der Waals surface area contributed by atoms with Crippen molar-refractivity contribution in [3.05, 3.63) is 17.6 Å². The molecule has 0 radical (unpaired) electrons. The molecule has 2 N–H and O–H groups in total. The van der Waals surface area contributed by atoms with Crippen molar-refractivity contribution in [2.75, 3.05) is 24.2 Å². The van der Waals surface area contributed by atoms with Crippen molar-refractivity contribution in [2.45, 2.75) is 20.3 Å². The van der Waals surface area contributed by atoms with Crippen LogP contribution in [0.15, 0.2) is 17.6 Å². The molecule has 0 saturated carbocycles. The van der Waals surface area contributed by atoms with Gasteiger partial charge in [0.1, 0.15) is 5.52 Å². The molecule has 0 aliphatic carbocycles. The zero-order chi connectivity index (χ0) is 12.4. The lowest BCUT2D eigenvalue weighted by atomic mass is 10.1. The maximum absolute atomic E-state index is 6.18. The van der Waals surface area contributed by atoms with E-state index in [0.29, 0.717) is 5.92 Å². The fraction of sp³-hybridized carbons (Fsp3) is 0.462. The molecule has 0 bridgehead atoms. The average molecular weight is 249 g/mol. The van der Waals surface area contributed by atoms with Gasteiger partial charge in [0.15, 0.2) is 0 Å². The maximum Gasteiger partial charge on any atom is 0.106 e. The summed E-state index contributed by atoms with van der Waals surface area (Å²) in [5.74, 6) is 0.672. The van der Waals surface area contributed by atoms with E-state index in [9.17, 15) is 0 Å². The molecule has 2 rings (SSSR count). The number of aromatic nitrogens is 1. The molecule has 0 spiro atoms. The Bertz CT molecular complexity index is 506. The molecule has 0 saturated heterocycles. The Balaban J connectivity index is 2.31. The van der Waals surface area contributed by atoms with Crippen LogP contribution in [-0.4, -0.2) is 18.6 Å². The zero-order valence-corrected chi connectivity index (χ0v) is 11.4. The van der Waals surface area contributed by atoms with Gasteiger partial charge in [0, 0.05) is 13.6 Å². The third-order valence-corrected chi connectivity index (χ3v) is 4.01. The van der Waals surface area contributed by atoms with Gasteiger partial charge >= 0.3 is 0 Å². The summed E-state index contributed by atoms with van der Waals surface area (Å²) in [6, 6.07) is 4.20. The van der Waals surface area contributed by atoms with Crippen LogP contribution in [0.25, 0.3) is 10.2 Å². The van der Waals surface area contributed by atoms with Gasteiger partial charge in [0.2, 0.25) is 0 Å². The van der Waals surface area contributed by atoms with Crippen LogP contribution in [0, 0.1) is 5.92 Å². The normalized spacial score (nSPS) is 12.9. The summed E-state index contributed by atoms with van der Waals surface area (Å²) in [7, 11) is 2.09. The number of nitrogens with zero attached hydrogens (tertiary/aromatic N) is 2. The molecule has 4 heteroatoms. The SMILES string of the molecule is CCC(C)CN(C)c1ccc2scnc2c1N. The van der Waals surface area contributed by atoms with Gasteiger partial charge in [-0.1, -0.05) is 20.3 Å². The van der Waals surface area contributed by atoms with Crippen molar-refractivity contribution in [2.24, 2.45) is 5.92 Å². The summed E-state index contributed by atoms with van der Waals surface area (Å²) >= 11 is 1.63. The Hall–Kier alpha value is -1.29. The molecule has 1 aromatic heterocycles. The first-order chi connectivity index (χ1) is 8.13. The number of rotatable bonds is 4. The van der Waals surface area contributed by atoms with Gasteiger partial charge in [-0.2, -0.15) is 0 Å². The van der Waals surface area contributed by atoms with Crippen molar-refractivity contribution in [1.29, 1.82) is 0 Å². The van der Waals surface area contributed by atoms with E-state index in [2.05, 4.69) is 42.9 Å². The van der Waals surface area contributed by atoms with Gasteiger partial charge in [0.05, 0.1) is 21.6 Å².